The maximum absolute atomic E-state index is 11.0. The second-order valence-electron chi connectivity index (χ2n) is 5.92. The molecule has 1 aliphatic heterocycles. The molecule has 1 saturated heterocycles. The van der Waals surface area contributed by atoms with Gasteiger partial charge in [0.2, 0.25) is 5.89 Å². The lowest BCUT2D eigenvalue weighted by atomic mass is 9.97. The van der Waals surface area contributed by atoms with Crippen LogP contribution >= 0.6 is 11.6 Å². The number of aromatic nitrogens is 1. The van der Waals surface area contributed by atoms with Crippen LogP contribution in [0.4, 0.5) is 0 Å². The molecule has 23 heavy (non-hydrogen) atoms. The molecule has 0 saturated carbocycles. The molecule has 1 aromatic carbocycles. The number of aliphatic carboxylic acids is 1. The van der Waals surface area contributed by atoms with E-state index in [0.717, 1.165) is 30.1 Å². The van der Waals surface area contributed by atoms with Crippen LogP contribution in [0.2, 0.25) is 5.02 Å². The van der Waals surface area contributed by atoms with Crippen molar-refractivity contribution < 1.29 is 14.3 Å². The van der Waals surface area contributed by atoms with Gasteiger partial charge in [0, 0.05) is 17.1 Å². The number of nitrogens with zero attached hydrogens (tertiary/aromatic N) is 2. The Hall–Kier alpha value is -1.85. The lowest BCUT2D eigenvalue weighted by Crippen LogP contribution is -2.36. The quantitative estimate of drug-likeness (QED) is 0.925. The average Bonchev–Trinajstić information content (AvgIpc) is 2.89. The number of likely N-dealkylation sites (tertiary alicyclic amines) is 1. The summed E-state index contributed by atoms with van der Waals surface area (Å²) >= 11 is 6.01. The van der Waals surface area contributed by atoms with Crippen molar-refractivity contribution in [2.45, 2.75) is 26.3 Å². The summed E-state index contributed by atoms with van der Waals surface area (Å²) in [5.74, 6) is 0.456. The summed E-state index contributed by atoms with van der Waals surface area (Å²) in [5.41, 5.74) is 1.75. The molecule has 2 aromatic rings. The van der Waals surface area contributed by atoms with E-state index in [0.29, 0.717) is 30.3 Å². The van der Waals surface area contributed by atoms with Crippen LogP contribution < -0.4 is 0 Å². The summed E-state index contributed by atoms with van der Waals surface area (Å²) in [6, 6.07) is 7.43. The molecule has 1 aliphatic rings. The van der Waals surface area contributed by atoms with Crippen LogP contribution in [0.5, 0.6) is 0 Å². The number of piperidine rings is 1. The van der Waals surface area contributed by atoms with Crippen molar-refractivity contribution in [3.05, 3.63) is 40.7 Å². The largest absolute Gasteiger partial charge is 0.481 e. The average molecular weight is 335 g/mol. The fourth-order valence-corrected chi connectivity index (χ4v) is 3.06. The number of halogens is 1. The predicted molar refractivity (Wildman–Crippen MR) is 87.3 cm³/mol. The van der Waals surface area contributed by atoms with E-state index in [1.54, 1.807) is 0 Å². The molecule has 0 atom stereocenters. The highest BCUT2D eigenvalue weighted by Gasteiger charge is 2.25. The van der Waals surface area contributed by atoms with E-state index in [9.17, 15) is 4.79 Å². The molecule has 0 radical (unpaired) electrons. The van der Waals surface area contributed by atoms with Gasteiger partial charge in [-0.15, -0.1) is 0 Å². The van der Waals surface area contributed by atoms with E-state index < -0.39 is 5.97 Å². The van der Waals surface area contributed by atoms with Crippen LogP contribution in [-0.4, -0.2) is 34.0 Å². The smallest absolute Gasteiger partial charge is 0.306 e. The Kier molecular flexibility index (Phi) is 4.68. The fraction of sp³-hybridized carbons (Fsp3) is 0.412. The third-order valence-corrected chi connectivity index (χ3v) is 4.51. The Balaban J connectivity index is 1.69. The number of carboxylic acids is 1. The van der Waals surface area contributed by atoms with Crippen molar-refractivity contribution in [1.82, 2.24) is 9.88 Å². The minimum Gasteiger partial charge on any atom is -0.481 e. The standard InChI is InChI=1S/C17H19ClN2O3/c1-11-15(10-20-7-5-12(6-8-20)17(21)22)19-16(23-11)13-3-2-4-14(18)9-13/h2-4,9,12H,5-8,10H2,1H3,(H,21,22). The summed E-state index contributed by atoms with van der Waals surface area (Å²) < 4.78 is 5.77. The van der Waals surface area contributed by atoms with Gasteiger partial charge in [0.05, 0.1) is 11.6 Å². The monoisotopic (exact) mass is 334 g/mol. The second-order valence-corrected chi connectivity index (χ2v) is 6.36. The Bertz CT molecular complexity index is 706. The zero-order valence-electron chi connectivity index (χ0n) is 13.0. The van der Waals surface area contributed by atoms with Gasteiger partial charge in [-0.3, -0.25) is 9.69 Å². The van der Waals surface area contributed by atoms with Gasteiger partial charge in [0.15, 0.2) is 0 Å². The van der Waals surface area contributed by atoms with Crippen LogP contribution in [0.25, 0.3) is 11.5 Å². The maximum atomic E-state index is 11.0. The molecule has 6 heteroatoms. The molecular weight excluding hydrogens is 316 g/mol. The number of carboxylic acid groups (broad SMARTS) is 1. The van der Waals surface area contributed by atoms with Crippen molar-refractivity contribution in [1.29, 1.82) is 0 Å². The lowest BCUT2D eigenvalue weighted by Gasteiger charge is -2.29. The van der Waals surface area contributed by atoms with Crippen LogP contribution in [0.1, 0.15) is 24.3 Å². The Morgan fingerprint density at radius 1 is 1.43 bits per heavy atom. The van der Waals surface area contributed by atoms with Crippen LogP contribution in [0.3, 0.4) is 0 Å². The summed E-state index contributed by atoms with van der Waals surface area (Å²) in [4.78, 5) is 17.8. The molecule has 2 heterocycles. The van der Waals surface area contributed by atoms with Crippen LogP contribution in [0, 0.1) is 12.8 Å². The summed E-state index contributed by atoms with van der Waals surface area (Å²) in [6.07, 6.45) is 1.38. The number of aryl methyl sites for hydroxylation is 1. The van der Waals surface area contributed by atoms with Crippen LogP contribution in [0.15, 0.2) is 28.7 Å². The molecular formula is C17H19ClN2O3. The molecule has 1 N–H and O–H groups in total. The highest BCUT2D eigenvalue weighted by molar-refractivity contribution is 6.30. The first-order chi connectivity index (χ1) is 11.0. The van der Waals surface area contributed by atoms with Gasteiger partial charge in [-0.2, -0.15) is 0 Å². The van der Waals surface area contributed by atoms with Crippen LogP contribution in [-0.2, 0) is 11.3 Å². The number of oxazole rings is 1. The lowest BCUT2D eigenvalue weighted by molar-refractivity contribution is -0.143. The zero-order valence-corrected chi connectivity index (χ0v) is 13.7. The van der Waals surface area contributed by atoms with E-state index >= 15 is 0 Å². The first kappa shape index (κ1) is 16.0. The first-order valence-corrected chi connectivity index (χ1v) is 8.08. The van der Waals surface area contributed by atoms with Gasteiger partial charge in [-0.1, -0.05) is 17.7 Å². The van der Waals surface area contributed by atoms with Gasteiger partial charge < -0.3 is 9.52 Å². The van der Waals surface area contributed by atoms with E-state index in [-0.39, 0.29) is 5.92 Å². The summed E-state index contributed by atoms with van der Waals surface area (Å²) in [5, 5.41) is 9.70. The minimum absolute atomic E-state index is 0.216. The first-order valence-electron chi connectivity index (χ1n) is 7.70. The highest BCUT2D eigenvalue weighted by atomic mass is 35.5. The Labute approximate surface area is 139 Å². The van der Waals surface area contributed by atoms with E-state index in [1.807, 2.05) is 31.2 Å². The third-order valence-electron chi connectivity index (χ3n) is 4.27. The van der Waals surface area contributed by atoms with Crippen molar-refractivity contribution >= 4 is 17.6 Å². The van der Waals surface area contributed by atoms with E-state index in [4.69, 9.17) is 21.1 Å². The topological polar surface area (TPSA) is 66.6 Å². The second kappa shape index (κ2) is 6.72. The van der Waals surface area contributed by atoms with Gasteiger partial charge >= 0.3 is 5.97 Å². The van der Waals surface area contributed by atoms with E-state index in [2.05, 4.69) is 9.88 Å². The molecule has 1 aromatic heterocycles. The molecule has 0 amide bonds. The molecule has 3 rings (SSSR count). The zero-order chi connectivity index (χ0) is 16.4. The summed E-state index contributed by atoms with van der Waals surface area (Å²) in [6.45, 7) is 4.13. The number of rotatable bonds is 4. The minimum atomic E-state index is -0.689. The van der Waals surface area contributed by atoms with Gasteiger partial charge in [0.25, 0.3) is 0 Å². The molecule has 0 spiro atoms. The van der Waals surface area contributed by atoms with Gasteiger partial charge in [-0.25, -0.2) is 4.98 Å². The molecule has 0 aliphatic carbocycles. The summed E-state index contributed by atoms with van der Waals surface area (Å²) in [7, 11) is 0. The Morgan fingerprint density at radius 3 is 2.83 bits per heavy atom. The predicted octanol–water partition coefficient (Wildman–Crippen LogP) is 3.60. The number of benzene rings is 1. The molecule has 5 nitrogen and oxygen atoms in total. The van der Waals surface area contributed by atoms with Crippen molar-refractivity contribution in [3.63, 3.8) is 0 Å². The maximum Gasteiger partial charge on any atom is 0.306 e. The van der Waals surface area contributed by atoms with E-state index in [1.165, 1.54) is 0 Å². The third kappa shape index (κ3) is 3.74. The Morgan fingerprint density at radius 2 is 2.17 bits per heavy atom. The molecule has 0 unspecified atom stereocenters. The van der Waals surface area contributed by atoms with Crippen molar-refractivity contribution in [2.24, 2.45) is 5.92 Å². The number of carbonyl (C=O) groups is 1. The van der Waals surface area contributed by atoms with Gasteiger partial charge in [-0.05, 0) is 51.1 Å². The molecule has 122 valence electrons. The fourth-order valence-electron chi connectivity index (χ4n) is 2.87. The van der Waals surface area contributed by atoms with Gasteiger partial charge in [0.1, 0.15) is 5.76 Å². The molecule has 1 fully saturated rings. The SMILES string of the molecule is Cc1oc(-c2cccc(Cl)c2)nc1CN1CCC(C(=O)O)CC1. The molecule has 0 bridgehead atoms. The normalized spacial score (nSPS) is 16.6. The van der Waals surface area contributed by atoms with Crippen molar-refractivity contribution in [2.75, 3.05) is 13.1 Å². The highest BCUT2D eigenvalue weighted by Crippen LogP contribution is 2.26. The number of hydrogen-bond acceptors (Lipinski definition) is 4. The van der Waals surface area contributed by atoms with Crippen molar-refractivity contribution in [3.8, 4) is 11.5 Å². The number of hydrogen-bond donors (Lipinski definition) is 1.